The minimum atomic E-state index is -0.935. The van der Waals surface area contributed by atoms with Gasteiger partial charge in [0.15, 0.2) is 17.4 Å². The summed E-state index contributed by atoms with van der Waals surface area (Å²) in [5, 5.41) is 2.53. The van der Waals surface area contributed by atoms with Gasteiger partial charge in [0.05, 0.1) is 6.26 Å². The Morgan fingerprint density at radius 3 is 2.71 bits per heavy atom. The molecule has 17 heavy (non-hydrogen) atoms. The van der Waals surface area contributed by atoms with Crippen molar-refractivity contribution in [2.45, 2.75) is 6.54 Å². The summed E-state index contributed by atoms with van der Waals surface area (Å²) >= 11 is 0. The van der Waals surface area contributed by atoms with Gasteiger partial charge in [-0.3, -0.25) is 4.79 Å². The summed E-state index contributed by atoms with van der Waals surface area (Å²) in [6.45, 7) is 0.108. The minimum Gasteiger partial charge on any atom is -0.459 e. The Bertz CT molecular complexity index is 523. The van der Waals surface area contributed by atoms with E-state index in [0.717, 1.165) is 12.1 Å². The molecule has 1 aromatic heterocycles. The molecule has 0 aliphatic carbocycles. The van der Waals surface area contributed by atoms with Gasteiger partial charge in [-0.05, 0) is 29.8 Å². The smallest absolute Gasteiger partial charge is 0.287 e. The summed E-state index contributed by atoms with van der Waals surface area (Å²) in [7, 11) is 0. The third-order valence-electron chi connectivity index (χ3n) is 2.18. The molecule has 0 fully saturated rings. The van der Waals surface area contributed by atoms with Gasteiger partial charge in [-0.2, -0.15) is 0 Å². The van der Waals surface area contributed by atoms with Crippen molar-refractivity contribution in [3.63, 3.8) is 0 Å². The van der Waals surface area contributed by atoms with E-state index in [1.54, 1.807) is 6.07 Å². The first-order chi connectivity index (χ1) is 8.16. The van der Waals surface area contributed by atoms with Gasteiger partial charge >= 0.3 is 0 Å². The molecule has 3 nitrogen and oxygen atoms in total. The molecule has 1 N–H and O–H groups in total. The Morgan fingerprint density at radius 2 is 2.06 bits per heavy atom. The average Bonchev–Trinajstić information content (AvgIpc) is 2.84. The Hall–Kier alpha value is -2.17. The van der Waals surface area contributed by atoms with Gasteiger partial charge in [0.1, 0.15) is 0 Å². The van der Waals surface area contributed by atoms with Gasteiger partial charge in [-0.25, -0.2) is 8.78 Å². The maximum absolute atomic E-state index is 12.9. The van der Waals surface area contributed by atoms with Crippen LogP contribution in [0.3, 0.4) is 0 Å². The highest BCUT2D eigenvalue weighted by Gasteiger charge is 2.08. The van der Waals surface area contributed by atoms with Crippen LogP contribution in [0, 0.1) is 11.6 Å². The van der Waals surface area contributed by atoms with Gasteiger partial charge < -0.3 is 9.73 Å². The molecule has 5 heteroatoms. The molecule has 2 aromatic rings. The van der Waals surface area contributed by atoms with Crippen molar-refractivity contribution < 1.29 is 18.0 Å². The second kappa shape index (κ2) is 4.78. The van der Waals surface area contributed by atoms with Crippen LogP contribution >= 0.6 is 0 Å². The quantitative estimate of drug-likeness (QED) is 0.891. The molecule has 0 bridgehead atoms. The van der Waals surface area contributed by atoms with Crippen LogP contribution in [0.25, 0.3) is 0 Å². The number of carbonyl (C=O) groups excluding carboxylic acids is 1. The number of carbonyl (C=O) groups is 1. The normalized spacial score (nSPS) is 10.2. The molecular formula is C12H9F2NO2. The van der Waals surface area contributed by atoms with Crippen molar-refractivity contribution in [2.24, 2.45) is 0 Å². The molecule has 0 saturated heterocycles. The summed E-state index contributed by atoms with van der Waals surface area (Å²) in [5.74, 6) is -2.08. The zero-order valence-electron chi connectivity index (χ0n) is 8.74. The summed E-state index contributed by atoms with van der Waals surface area (Å²) in [5.41, 5.74) is 0.476. The van der Waals surface area contributed by atoms with E-state index in [0.29, 0.717) is 5.56 Å². The van der Waals surface area contributed by atoms with Crippen molar-refractivity contribution in [3.8, 4) is 0 Å². The third-order valence-corrected chi connectivity index (χ3v) is 2.18. The number of halogens is 2. The van der Waals surface area contributed by atoms with E-state index in [9.17, 15) is 13.6 Å². The Balaban J connectivity index is 1.98. The largest absolute Gasteiger partial charge is 0.459 e. The second-order valence-electron chi connectivity index (χ2n) is 3.41. The maximum atomic E-state index is 12.9. The highest BCUT2D eigenvalue weighted by Crippen LogP contribution is 2.08. The Morgan fingerprint density at radius 1 is 1.24 bits per heavy atom. The van der Waals surface area contributed by atoms with Crippen molar-refractivity contribution >= 4 is 5.91 Å². The minimum absolute atomic E-state index is 0.108. The lowest BCUT2D eigenvalue weighted by atomic mass is 10.2. The number of benzene rings is 1. The number of rotatable bonds is 3. The second-order valence-corrected chi connectivity index (χ2v) is 3.41. The Labute approximate surface area is 96.1 Å². The molecule has 0 saturated carbocycles. The molecule has 0 aliphatic rings. The van der Waals surface area contributed by atoms with E-state index in [-0.39, 0.29) is 12.3 Å². The van der Waals surface area contributed by atoms with Crippen LogP contribution in [-0.4, -0.2) is 5.91 Å². The standard InChI is InChI=1S/C12H9F2NO2/c13-9-4-3-8(6-10(9)14)7-15-12(16)11-2-1-5-17-11/h1-6H,7H2,(H,15,16). The highest BCUT2D eigenvalue weighted by molar-refractivity contribution is 5.91. The van der Waals surface area contributed by atoms with E-state index in [1.165, 1.54) is 18.4 Å². The van der Waals surface area contributed by atoms with Gasteiger partial charge in [0.2, 0.25) is 0 Å². The van der Waals surface area contributed by atoms with Crippen LogP contribution in [0.4, 0.5) is 8.78 Å². The first kappa shape index (κ1) is 11.3. The summed E-state index contributed by atoms with van der Waals surface area (Å²) in [4.78, 5) is 11.5. The number of hydrogen-bond donors (Lipinski definition) is 1. The van der Waals surface area contributed by atoms with Crippen molar-refractivity contribution in [2.75, 3.05) is 0 Å². The van der Waals surface area contributed by atoms with Crippen molar-refractivity contribution in [1.29, 1.82) is 0 Å². The van der Waals surface area contributed by atoms with Crippen LogP contribution in [0.15, 0.2) is 41.0 Å². The van der Waals surface area contributed by atoms with E-state index < -0.39 is 17.5 Å². The van der Waals surface area contributed by atoms with Crippen LogP contribution < -0.4 is 5.32 Å². The van der Waals surface area contributed by atoms with Gasteiger partial charge in [-0.1, -0.05) is 6.07 Å². The number of amides is 1. The van der Waals surface area contributed by atoms with Gasteiger partial charge in [0, 0.05) is 6.54 Å². The zero-order valence-corrected chi connectivity index (χ0v) is 8.74. The van der Waals surface area contributed by atoms with E-state index in [4.69, 9.17) is 4.42 Å². The number of hydrogen-bond acceptors (Lipinski definition) is 2. The van der Waals surface area contributed by atoms with Crippen LogP contribution in [-0.2, 0) is 6.54 Å². The van der Waals surface area contributed by atoms with Crippen molar-refractivity contribution in [1.82, 2.24) is 5.32 Å². The molecule has 88 valence electrons. The molecule has 0 atom stereocenters. The summed E-state index contributed by atoms with van der Waals surface area (Å²) < 4.78 is 30.4. The molecular weight excluding hydrogens is 228 g/mol. The summed E-state index contributed by atoms with van der Waals surface area (Å²) in [6.07, 6.45) is 1.38. The van der Waals surface area contributed by atoms with E-state index >= 15 is 0 Å². The van der Waals surface area contributed by atoms with Crippen LogP contribution in [0.2, 0.25) is 0 Å². The van der Waals surface area contributed by atoms with Crippen LogP contribution in [0.5, 0.6) is 0 Å². The lowest BCUT2D eigenvalue weighted by molar-refractivity contribution is 0.0923. The van der Waals surface area contributed by atoms with E-state index in [1.807, 2.05) is 0 Å². The predicted molar refractivity (Wildman–Crippen MR) is 56.2 cm³/mol. The fourth-order valence-corrected chi connectivity index (χ4v) is 1.33. The number of furan rings is 1. The number of nitrogens with one attached hydrogen (secondary N) is 1. The summed E-state index contributed by atoms with van der Waals surface area (Å²) in [6, 6.07) is 6.56. The average molecular weight is 237 g/mol. The fourth-order valence-electron chi connectivity index (χ4n) is 1.33. The lowest BCUT2D eigenvalue weighted by Crippen LogP contribution is -2.22. The maximum Gasteiger partial charge on any atom is 0.287 e. The molecule has 0 aliphatic heterocycles. The molecule has 1 amide bonds. The highest BCUT2D eigenvalue weighted by atomic mass is 19.2. The molecule has 0 radical (unpaired) electrons. The van der Waals surface area contributed by atoms with Crippen molar-refractivity contribution in [3.05, 3.63) is 59.6 Å². The predicted octanol–water partition coefficient (Wildman–Crippen LogP) is 2.49. The van der Waals surface area contributed by atoms with E-state index in [2.05, 4.69) is 5.32 Å². The molecule has 1 aromatic carbocycles. The molecule has 0 spiro atoms. The Kier molecular flexibility index (Phi) is 3.18. The third kappa shape index (κ3) is 2.69. The molecule has 1 heterocycles. The van der Waals surface area contributed by atoms with Gasteiger partial charge in [-0.15, -0.1) is 0 Å². The first-order valence-corrected chi connectivity index (χ1v) is 4.92. The monoisotopic (exact) mass is 237 g/mol. The fraction of sp³-hybridized carbons (Fsp3) is 0.0833. The van der Waals surface area contributed by atoms with Crippen LogP contribution in [0.1, 0.15) is 16.1 Å². The topological polar surface area (TPSA) is 42.2 Å². The molecule has 0 unspecified atom stereocenters. The van der Waals surface area contributed by atoms with Gasteiger partial charge in [0.25, 0.3) is 5.91 Å². The first-order valence-electron chi connectivity index (χ1n) is 4.92. The SMILES string of the molecule is O=C(NCc1ccc(F)c(F)c1)c1ccco1. The zero-order chi connectivity index (χ0) is 12.3. The lowest BCUT2D eigenvalue weighted by Gasteiger charge is -2.03. The molecule has 2 rings (SSSR count).